The van der Waals surface area contributed by atoms with Crippen molar-refractivity contribution in [2.45, 2.75) is 25.0 Å². The van der Waals surface area contributed by atoms with Crippen LogP contribution in [-0.4, -0.2) is 26.0 Å². The van der Waals surface area contributed by atoms with Crippen LogP contribution in [-0.2, 0) is 7.05 Å². The van der Waals surface area contributed by atoms with Gasteiger partial charge in [0.1, 0.15) is 0 Å². The van der Waals surface area contributed by atoms with Crippen molar-refractivity contribution in [3.05, 3.63) is 42.2 Å². The van der Waals surface area contributed by atoms with E-state index in [4.69, 9.17) is 0 Å². The van der Waals surface area contributed by atoms with Crippen LogP contribution in [0, 0.1) is 11.7 Å². The van der Waals surface area contributed by atoms with E-state index < -0.39 is 0 Å². The average molecular weight is 276 g/mol. The van der Waals surface area contributed by atoms with Crippen molar-refractivity contribution in [1.82, 2.24) is 14.8 Å². The van der Waals surface area contributed by atoms with Crippen molar-refractivity contribution in [2.75, 3.05) is 5.32 Å². The third-order valence-corrected chi connectivity index (χ3v) is 3.79. The zero-order valence-electron chi connectivity index (χ0n) is 11.2. The number of aliphatic hydroxyl groups excluding tert-OH is 1. The third-order valence-electron chi connectivity index (χ3n) is 3.79. The molecule has 0 saturated heterocycles. The number of aromatic nitrogens is 3. The topological polar surface area (TPSA) is 63.0 Å². The molecule has 1 saturated carbocycles. The lowest BCUT2D eigenvalue weighted by atomic mass is 9.75. The van der Waals surface area contributed by atoms with E-state index in [9.17, 15) is 9.50 Å². The monoisotopic (exact) mass is 276 g/mol. The summed E-state index contributed by atoms with van der Waals surface area (Å²) in [5.74, 6) is -0.0944. The van der Waals surface area contributed by atoms with Gasteiger partial charge in [0.05, 0.1) is 30.2 Å². The van der Waals surface area contributed by atoms with Gasteiger partial charge in [-0.1, -0.05) is 0 Å². The first-order chi connectivity index (χ1) is 9.63. The molecule has 1 aliphatic rings. The van der Waals surface area contributed by atoms with Crippen LogP contribution in [0.25, 0.3) is 0 Å². The van der Waals surface area contributed by atoms with Crippen LogP contribution < -0.4 is 5.32 Å². The summed E-state index contributed by atoms with van der Waals surface area (Å²) in [4.78, 5) is 3.75. The second kappa shape index (κ2) is 5.20. The number of nitrogens with zero attached hydrogens (tertiary/aromatic N) is 3. The summed E-state index contributed by atoms with van der Waals surface area (Å²) in [7, 11) is 1.85. The number of hydrogen-bond donors (Lipinski definition) is 2. The quantitative estimate of drug-likeness (QED) is 0.895. The first-order valence-corrected chi connectivity index (χ1v) is 6.66. The van der Waals surface area contributed by atoms with Gasteiger partial charge in [-0.05, 0) is 24.8 Å². The Balaban J connectivity index is 1.84. The van der Waals surface area contributed by atoms with Gasteiger partial charge >= 0.3 is 0 Å². The van der Waals surface area contributed by atoms with Crippen molar-refractivity contribution < 1.29 is 9.50 Å². The molecule has 0 spiro atoms. The molecule has 0 aliphatic heterocycles. The average Bonchev–Trinajstić information content (AvgIpc) is 2.81. The fourth-order valence-corrected chi connectivity index (χ4v) is 2.64. The zero-order chi connectivity index (χ0) is 14.1. The molecule has 0 bridgehead atoms. The molecule has 106 valence electrons. The van der Waals surface area contributed by atoms with Crippen LogP contribution in [0.4, 0.5) is 10.1 Å². The van der Waals surface area contributed by atoms with Gasteiger partial charge in [-0.3, -0.25) is 9.67 Å². The van der Waals surface area contributed by atoms with Gasteiger partial charge in [-0.25, -0.2) is 4.39 Å². The number of nitrogens with one attached hydrogen (secondary N) is 1. The first kappa shape index (κ1) is 13.1. The Hall–Kier alpha value is -1.95. The van der Waals surface area contributed by atoms with E-state index in [1.807, 2.05) is 13.2 Å². The predicted octanol–water partition coefficient (Wildman–Crippen LogP) is 1.88. The summed E-state index contributed by atoms with van der Waals surface area (Å²) in [6.07, 6.45) is 7.64. The molecule has 5 nitrogen and oxygen atoms in total. The standard InChI is InChI=1S/C14H17FN4O/c1-19-8-10(6-17-19)14(9-4-11(20)5-9)18-13-2-3-16-7-12(13)15/h2-3,6-9,11,14,20H,4-5H2,1H3,(H,16,18)/t9?,11?,14-/m0/s1. The molecule has 6 heteroatoms. The maximum absolute atomic E-state index is 13.7. The van der Waals surface area contributed by atoms with Crippen LogP contribution in [0.1, 0.15) is 24.4 Å². The van der Waals surface area contributed by atoms with Gasteiger partial charge in [0.25, 0.3) is 0 Å². The second-order valence-corrected chi connectivity index (χ2v) is 5.31. The SMILES string of the molecule is Cn1cc([C@@H](Nc2ccncc2F)C2CC(O)C2)cn1. The second-order valence-electron chi connectivity index (χ2n) is 5.31. The number of rotatable bonds is 4. The Kier molecular flexibility index (Phi) is 3.40. The van der Waals surface area contributed by atoms with Crippen molar-refractivity contribution in [3.8, 4) is 0 Å². The Morgan fingerprint density at radius 3 is 2.85 bits per heavy atom. The molecule has 1 atom stereocenters. The van der Waals surface area contributed by atoms with E-state index >= 15 is 0 Å². The molecule has 0 radical (unpaired) electrons. The Morgan fingerprint density at radius 1 is 1.45 bits per heavy atom. The fourth-order valence-electron chi connectivity index (χ4n) is 2.64. The summed E-state index contributed by atoms with van der Waals surface area (Å²) in [5.41, 5.74) is 1.43. The highest BCUT2D eigenvalue weighted by Crippen LogP contribution is 2.40. The minimum Gasteiger partial charge on any atom is -0.393 e. The molecular formula is C14H17FN4O. The Bertz CT molecular complexity index is 594. The largest absolute Gasteiger partial charge is 0.393 e. The van der Waals surface area contributed by atoms with Crippen LogP contribution in [0.2, 0.25) is 0 Å². The lowest BCUT2D eigenvalue weighted by Gasteiger charge is -2.38. The molecule has 0 unspecified atom stereocenters. The Labute approximate surface area is 116 Å². The minimum absolute atomic E-state index is 0.0519. The predicted molar refractivity (Wildman–Crippen MR) is 72.5 cm³/mol. The van der Waals surface area contributed by atoms with Gasteiger partial charge in [-0.2, -0.15) is 5.10 Å². The fraction of sp³-hybridized carbons (Fsp3) is 0.429. The van der Waals surface area contributed by atoms with E-state index in [2.05, 4.69) is 15.4 Å². The number of halogens is 1. The van der Waals surface area contributed by atoms with Crippen LogP contribution in [0.15, 0.2) is 30.9 Å². The van der Waals surface area contributed by atoms with Crippen LogP contribution >= 0.6 is 0 Å². The van der Waals surface area contributed by atoms with Crippen molar-refractivity contribution in [2.24, 2.45) is 13.0 Å². The number of pyridine rings is 1. The summed E-state index contributed by atoms with van der Waals surface area (Å²) in [6, 6.07) is 1.57. The van der Waals surface area contributed by atoms with Gasteiger partial charge in [0.2, 0.25) is 0 Å². The molecule has 2 aromatic rings. The maximum Gasteiger partial charge on any atom is 0.164 e. The van der Waals surface area contributed by atoms with E-state index in [0.717, 1.165) is 18.4 Å². The van der Waals surface area contributed by atoms with Crippen molar-refractivity contribution in [3.63, 3.8) is 0 Å². The lowest BCUT2D eigenvalue weighted by Crippen LogP contribution is -2.36. The highest BCUT2D eigenvalue weighted by Gasteiger charge is 2.35. The highest BCUT2D eigenvalue weighted by atomic mass is 19.1. The molecule has 0 amide bonds. The molecule has 2 heterocycles. The molecule has 1 aliphatic carbocycles. The number of hydrogen-bond acceptors (Lipinski definition) is 4. The number of aryl methyl sites for hydroxylation is 1. The minimum atomic E-state index is -0.374. The van der Waals surface area contributed by atoms with Crippen molar-refractivity contribution in [1.29, 1.82) is 0 Å². The summed E-state index contributed by atoms with van der Waals surface area (Å²) in [6.45, 7) is 0. The van der Waals surface area contributed by atoms with Gasteiger partial charge < -0.3 is 10.4 Å². The third kappa shape index (κ3) is 2.51. The Morgan fingerprint density at radius 2 is 2.25 bits per heavy atom. The molecular weight excluding hydrogens is 259 g/mol. The van der Waals surface area contributed by atoms with E-state index in [0.29, 0.717) is 5.69 Å². The smallest absolute Gasteiger partial charge is 0.164 e. The molecule has 2 aromatic heterocycles. The molecule has 20 heavy (non-hydrogen) atoms. The van der Waals surface area contributed by atoms with E-state index in [1.54, 1.807) is 23.1 Å². The van der Waals surface area contributed by atoms with E-state index in [-0.39, 0.29) is 23.9 Å². The lowest BCUT2D eigenvalue weighted by molar-refractivity contribution is 0.0339. The summed E-state index contributed by atoms with van der Waals surface area (Å²) < 4.78 is 15.5. The maximum atomic E-state index is 13.7. The highest BCUT2D eigenvalue weighted by molar-refractivity contribution is 5.45. The number of aliphatic hydroxyl groups is 1. The van der Waals surface area contributed by atoms with Gasteiger partial charge in [0, 0.05) is 25.0 Å². The van der Waals surface area contributed by atoms with Gasteiger partial charge in [-0.15, -0.1) is 0 Å². The normalized spacial score (nSPS) is 23.1. The molecule has 3 rings (SSSR count). The van der Waals surface area contributed by atoms with Crippen LogP contribution in [0.5, 0.6) is 0 Å². The molecule has 0 aromatic carbocycles. The first-order valence-electron chi connectivity index (χ1n) is 6.66. The van der Waals surface area contributed by atoms with Crippen molar-refractivity contribution >= 4 is 5.69 Å². The summed E-state index contributed by atoms with van der Waals surface area (Å²) in [5, 5.41) is 16.9. The summed E-state index contributed by atoms with van der Waals surface area (Å²) >= 11 is 0. The van der Waals surface area contributed by atoms with Crippen LogP contribution in [0.3, 0.4) is 0 Å². The number of anilines is 1. The molecule has 2 N–H and O–H groups in total. The van der Waals surface area contributed by atoms with Gasteiger partial charge in [0.15, 0.2) is 5.82 Å². The zero-order valence-corrected chi connectivity index (χ0v) is 11.2. The molecule has 1 fully saturated rings. The van der Waals surface area contributed by atoms with E-state index in [1.165, 1.54) is 6.20 Å².